The Bertz CT molecular complexity index is 1120. The molecule has 5 rings (SSSR count). The maximum Gasteiger partial charge on any atom is 0.407 e. The number of aromatic amines is 1. The highest BCUT2D eigenvalue weighted by atomic mass is 19.1. The number of aryl methyl sites for hydroxylation is 2. The van der Waals surface area contributed by atoms with Crippen molar-refractivity contribution in [3.8, 4) is 0 Å². The summed E-state index contributed by atoms with van der Waals surface area (Å²) in [5, 5.41) is 17.9. The first kappa shape index (κ1) is 20.7. The van der Waals surface area contributed by atoms with Crippen molar-refractivity contribution in [2.24, 2.45) is 0 Å². The molecule has 1 saturated carbocycles. The van der Waals surface area contributed by atoms with E-state index in [2.05, 4.69) is 25.8 Å². The number of alkyl carbamates (subject to hydrolysis) is 1. The number of halogens is 1. The maximum absolute atomic E-state index is 15.0. The molecular formula is C22H28FN7O2. The highest BCUT2D eigenvalue weighted by Crippen LogP contribution is 2.39. The Morgan fingerprint density at radius 1 is 1.31 bits per heavy atom. The van der Waals surface area contributed by atoms with E-state index in [0.717, 1.165) is 36.9 Å². The van der Waals surface area contributed by atoms with Crippen molar-refractivity contribution in [3.05, 3.63) is 35.4 Å². The van der Waals surface area contributed by atoms with Crippen molar-refractivity contribution in [1.82, 2.24) is 30.1 Å². The van der Waals surface area contributed by atoms with Crippen LogP contribution in [0.15, 0.2) is 18.5 Å². The monoisotopic (exact) mass is 441 g/mol. The highest BCUT2D eigenvalue weighted by Gasteiger charge is 2.41. The molecule has 0 spiro atoms. The molecule has 32 heavy (non-hydrogen) atoms. The van der Waals surface area contributed by atoms with Gasteiger partial charge in [-0.1, -0.05) is 0 Å². The number of H-pyrrole nitrogens is 1. The van der Waals surface area contributed by atoms with Gasteiger partial charge in [0.25, 0.3) is 0 Å². The average Bonchev–Trinajstić information content (AvgIpc) is 3.45. The molecule has 3 atom stereocenters. The van der Waals surface area contributed by atoms with Gasteiger partial charge >= 0.3 is 6.09 Å². The topological polar surface area (TPSA) is 109 Å². The number of carbonyl (C=O) groups is 1. The van der Waals surface area contributed by atoms with Crippen LogP contribution in [0.3, 0.4) is 0 Å². The van der Waals surface area contributed by atoms with E-state index in [-0.39, 0.29) is 6.04 Å². The van der Waals surface area contributed by atoms with Gasteiger partial charge in [-0.25, -0.2) is 18.7 Å². The molecule has 0 radical (unpaired) electrons. The zero-order valence-corrected chi connectivity index (χ0v) is 18.3. The summed E-state index contributed by atoms with van der Waals surface area (Å²) in [5.41, 5.74) is 4.02. The minimum Gasteiger partial charge on any atom is -0.443 e. The summed E-state index contributed by atoms with van der Waals surface area (Å²) >= 11 is 0. The molecule has 170 valence electrons. The SMILES string of the molecule is CC(C)NC(=O)O[C@H]1CC[C@@H](c2cc(Nc3nccn4nc5c(c34)CCCC5)n[nH]2)[C@@H]1F. The minimum atomic E-state index is -1.29. The second-order valence-corrected chi connectivity index (χ2v) is 8.91. The number of anilines is 2. The third-order valence-corrected chi connectivity index (χ3v) is 6.23. The summed E-state index contributed by atoms with van der Waals surface area (Å²) in [6.45, 7) is 3.67. The van der Waals surface area contributed by atoms with E-state index in [1.54, 1.807) is 6.20 Å². The summed E-state index contributed by atoms with van der Waals surface area (Å²) in [5.74, 6) is 0.859. The third kappa shape index (κ3) is 3.89. The van der Waals surface area contributed by atoms with Crippen LogP contribution in [0.1, 0.15) is 62.4 Å². The Morgan fingerprint density at radius 3 is 3.00 bits per heavy atom. The van der Waals surface area contributed by atoms with E-state index < -0.39 is 24.3 Å². The average molecular weight is 442 g/mol. The van der Waals surface area contributed by atoms with Crippen molar-refractivity contribution in [2.45, 2.75) is 76.6 Å². The third-order valence-electron chi connectivity index (χ3n) is 6.23. The first-order valence-corrected chi connectivity index (χ1v) is 11.3. The number of alkyl halides is 1. The second kappa shape index (κ2) is 8.40. The Hall–Kier alpha value is -3.17. The number of amides is 1. The number of carbonyl (C=O) groups excluding carboxylic acids is 1. The summed E-state index contributed by atoms with van der Waals surface area (Å²) < 4.78 is 22.2. The number of nitrogens with zero attached hydrogens (tertiary/aromatic N) is 4. The predicted molar refractivity (Wildman–Crippen MR) is 117 cm³/mol. The lowest BCUT2D eigenvalue weighted by molar-refractivity contribution is 0.0555. The summed E-state index contributed by atoms with van der Waals surface area (Å²) in [6.07, 6.45) is 6.27. The molecule has 3 aromatic heterocycles. The van der Waals surface area contributed by atoms with Gasteiger partial charge in [0.2, 0.25) is 0 Å². The van der Waals surface area contributed by atoms with Gasteiger partial charge in [-0.3, -0.25) is 5.10 Å². The summed E-state index contributed by atoms with van der Waals surface area (Å²) in [7, 11) is 0. The van der Waals surface area contributed by atoms with Crippen molar-refractivity contribution in [3.63, 3.8) is 0 Å². The van der Waals surface area contributed by atoms with Crippen LogP contribution in [0, 0.1) is 0 Å². The van der Waals surface area contributed by atoms with Gasteiger partial charge in [-0.2, -0.15) is 10.2 Å². The lowest BCUT2D eigenvalue weighted by Crippen LogP contribution is -2.36. The fourth-order valence-corrected chi connectivity index (χ4v) is 4.75. The molecule has 9 nitrogen and oxygen atoms in total. The molecule has 3 N–H and O–H groups in total. The van der Waals surface area contributed by atoms with Gasteiger partial charge in [0, 0.05) is 41.7 Å². The number of rotatable bonds is 5. The first-order chi connectivity index (χ1) is 15.5. The molecule has 2 aliphatic carbocycles. The van der Waals surface area contributed by atoms with Gasteiger partial charge in [0.05, 0.1) is 5.69 Å². The van der Waals surface area contributed by atoms with Crippen LogP contribution in [-0.2, 0) is 17.6 Å². The highest BCUT2D eigenvalue weighted by molar-refractivity contribution is 5.76. The molecule has 3 aromatic rings. The molecule has 1 fully saturated rings. The molecule has 10 heteroatoms. The van der Waals surface area contributed by atoms with E-state index >= 15 is 4.39 Å². The fourth-order valence-electron chi connectivity index (χ4n) is 4.75. The van der Waals surface area contributed by atoms with Gasteiger partial charge in [-0.15, -0.1) is 0 Å². The van der Waals surface area contributed by atoms with E-state index in [9.17, 15) is 4.79 Å². The molecule has 0 aliphatic heterocycles. The molecule has 0 unspecified atom stereocenters. The molecule has 2 aliphatic rings. The molecule has 3 heterocycles. The quantitative estimate of drug-likeness (QED) is 0.556. The number of hydrogen-bond donors (Lipinski definition) is 3. The normalized spacial score (nSPS) is 22.8. The number of ether oxygens (including phenoxy) is 1. The molecule has 0 bridgehead atoms. The zero-order chi connectivity index (χ0) is 22.2. The van der Waals surface area contributed by atoms with E-state index in [1.807, 2.05) is 30.6 Å². The molecule has 1 amide bonds. The Morgan fingerprint density at radius 2 is 2.16 bits per heavy atom. The molecule has 0 aromatic carbocycles. The summed E-state index contributed by atoms with van der Waals surface area (Å²) in [6, 6.07) is 1.75. The Kier molecular flexibility index (Phi) is 5.44. The van der Waals surface area contributed by atoms with E-state index in [1.165, 1.54) is 5.56 Å². The predicted octanol–water partition coefficient (Wildman–Crippen LogP) is 3.79. The van der Waals surface area contributed by atoms with Gasteiger partial charge in [0.15, 0.2) is 11.6 Å². The number of hydrogen-bond acceptors (Lipinski definition) is 6. The van der Waals surface area contributed by atoms with E-state index in [0.29, 0.717) is 30.2 Å². The largest absolute Gasteiger partial charge is 0.443 e. The van der Waals surface area contributed by atoms with Crippen molar-refractivity contribution < 1.29 is 13.9 Å². The van der Waals surface area contributed by atoms with Gasteiger partial charge in [0.1, 0.15) is 17.8 Å². The van der Waals surface area contributed by atoms with E-state index in [4.69, 9.17) is 9.84 Å². The lowest BCUT2D eigenvalue weighted by atomic mass is 9.97. The standard InChI is InChI=1S/C22H28FN7O2/c1-12(2)25-22(31)32-17-8-7-13(19(17)23)16-11-18(28-27-16)26-21-20-14-5-3-4-6-15(14)29-30(20)10-9-24-21/h9-13,17,19H,3-8H2,1-2H3,(H,25,31)(H2,24,26,27,28)/t13-,17-,19-/m0/s1. The fraction of sp³-hybridized carbons (Fsp3) is 0.545. The van der Waals surface area contributed by atoms with Crippen LogP contribution in [0.4, 0.5) is 20.8 Å². The van der Waals surface area contributed by atoms with Crippen molar-refractivity contribution >= 4 is 23.2 Å². The smallest absolute Gasteiger partial charge is 0.407 e. The Labute approximate surface area is 185 Å². The minimum absolute atomic E-state index is 0.0570. The number of aromatic nitrogens is 5. The lowest BCUT2D eigenvalue weighted by Gasteiger charge is -2.18. The summed E-state index contributed by atoms with van der Waals surface area (Å²) in [4.78, 5) is 16.4. The maximum atomic E-state index is 15.0. The van der Waals surface area contributed by atoms with Crippen molar-refractivity contribution in [2.75, 3.05) is 5.32 Å². The van der Waals surface area contributed by atoms with Crippen LogP contribution in [0.25, 0.3) is 5.52 Å². The number of nitrogens with one attached hydrogen (secondary N) is 3. The molecule has 0 saturated heterocycles. The van der Waals surface area contributed by atoms with Crippen LogP contribution in [-0.4, -0.2) is 49.2 Å². The number of fused-ring (bicyclic) bond motifs is 3. The first-order valence-electron chi connectivity index (χ1n) is 11.3. The Balaban J connectivity index is 1.31. The second-order valence-electron chi connectivity index (χ2n) is 8.91. The zero-order valence-electron chi connectivity index (χ0n) is 18.3. The molecular weight excluding hydrogens is 413 g/mol. The van der Waals surface area contributed by atoms with Crippen LogP contribution < -0.4 is 10.6 Å². The van der Waals surface area contributed by atoms with Gasteiger partial charge in [-0.05, 0) is 52.4 Å². The van der Waals surface area contributed by atoms with Gasteiger partial charge < -0.3 is 15.4 Å². The van der Waals surface area contributed by atoms with Crippen LogP contribution in [0.2, 0.25) is 0 Å². The van der Waals surface area contributed by atoms with Crippen LogP contribution in [0.5, 0.6) is 0 Å². The van der Waals surface area contributed by atoms with Crippen LogP contribution >= 0.6 is 0 Å². The van der Waals surface area contributed by atoms with Crippen molar-refractivity contribution in [1.29, 1.82) is 0 Å².